The van der Waals surface area contributed by atoms with Gasteiger partial charge in [-0.05, 0) is 39.0 Å². The SMILES string of the molecule is CCOC(=O)NN(C(=O)OCC)C1(C)C=CC(=O)C(F)=C1. The number of rotatable bonds is 3. The molecule has 0 aliphatic heterocycles. The van der Waals surface area contributed by atoms with Gasteiger partial charge in [-0.3, -0.25) is 4.79 Å². The Balaban J connectivity index is 3.05. The zero-order valence-electron chi connectivity index (χ0n) is 12.0. The molecule has 0 heterocycles. The predicted molar refractivity (Wildman–Crippen MR) is 70.8 cm³/mol. The molecule has 1 unspecified atom stereocenters. The van der Waals surface area contributed by atoms with E-state index >= 15 is 0 Å². The van der Waals surface area contributed by atoms with Crippen LogP contribution in [0.4, 0.5) is 14.0 Å². The summed E-state index contributed by atoms with van der Waals surface area (Å²) in [6, 6.07) is 0. The van der Waals surface area contributed by atoms with Crippen LogP contribution in [0.25, 0.3) is 0 Å². The standard InChI is InChI=1S/C13H17FN2O5/c1-4-20-11(18)15-16(12(19)21-5-2)13(3)7-6-10(17)9(14)8-13/h6-8H,4-5H2,1-3H3,(H,15,18). The Kier molecular flexibility index (Phi) is 5.45. The lowest BCUT2D eigenvalue weighted by molar-refractivity contribution is -0.113. The molecule has 0 aromatic carbocycles. The molecule has 8 heteroatoms. The molecule has 2 amide bonds. The van der Waals surface area contributed by atoms with Crippen molar-refractivity contribution >= 4 is 18.0 Å². The molecule has 1 aliphatic carbocycles. The van der Waals surface area contributed by atoms with Crippen LogP contribution in [0.5, 0.6) is 0 Å². The quantitative estimate of drug-likeness (QED) is 0.804. The number of hydrogen-bond acceptors (Lipinski definition) is 5. The first-order chi connectivity index (χ1) is 9.84. The van der Waals surface area contributed by atoms with Crippen LogP contribution in [0.2, 0.25) is 0 Å². The van der Waals surface area contributed by atoms with Crippen LogP contribution >= 0.6 is 0 Å². The number of carbonyl (C=O) groups excluding carboxylic acids is 3. The van der Waals surface area contributed by atoms with E-state index in [4.69, 9.17) is 4.74 Å². The van der Waals surface area contributed by atoms with Crippen molar-refractivity contribution in [1.29, 1.82) is 0 Å². The van der Waals surface area contributed by atoms with Crippen LogP contribution in [0.3, 0.4) is 0 Å². The van der Waals surface area contributed by atoms with E-state index in [0.29, 0.717) is 0 Å². The van der Waals surface area contributed by atoms with Gasteiger partial charge in [0.15, 0.2) is 5.83 Å². The molecule has 1 atom stereocenters. The Labute approximate surface area is 121 Å². The molecule has 0 saturated heterocycles. The normalized spacial score (nSPS) is 20.6. The molecule has 21 heavy (non-hydrogen) atoms. The molecular weight excluding hydrogens is 283 g/mol. The van der Waals surface area contributed by atoms with E-state index in [-0.39, 0.29) is 13.2 Å². The highest BCUT2D eigenvalue weighted by atomic mass is 19.1. The first-order valence-corrected chi connectivity index (χ1v) is 6.36. The van der Waals surface area contributed by atoms with E-state index in [0.717, 1.165) is 17.2 Å². The molecule has 0 bridgehead atoms. The summed E-state index contributed by atoms with van der Waals surface area (Å²) in [5.74, 6) is -1.84. The molecule has 7 nitrogen and oxygen atoms in total. The molecular formula is C13H17FN2O5. The Morgan fingerprint density at radius 1 is 1.33 bits per heavy atom. The summed E-state index contributed by atoms with van der Waals surface area (Å²) in [4.78, 5) is 34.6. The summed E-state index contributed by atoms with van der Waals surface area (Å²) in [7, 11) is 0. The van der Waals surface area contributed by atoms with Crippen LogP contribution in [0.1, 0.15) is 20.8 Å². The summed E-state index contributed by atoms with van der Waals surface area (Å²) in [6.07, 6.45) is 1.37. The number of amides is 2. The molecule has 0 spiro atoms. The highest BCUT2D eigenvalue weighted by molar-refractivity contribution is 6.03. The largest absolute Gasteiger partial charge is 0.449 e. The number of ketones is 1. The summed E-state index contributed by atoms with van der Waals surface area (Å²) in [5.41, 5.74) is 0.780. The molecule has 116 valence electrons. The van der Waals surface area contributed by atoms with Gasteiger partial charge in [-0.2, -0.15) is 0 Å². The van der Waals surface area contributed by atoms with Crippen molar-refractivity contribution in [1.82, 2.24) is 10.4 Å². The van der Waals surface area contributed by atoms with Crippen LogP contribution in [0.15, 0.2) is 24.1 Å². The molecule has 0 aromatic heterocycles. The smallest absolute Gasteiger partial charge is 0.429 e. The Morgan fingerprint density at radius 2 is 1.95 bits per heavy atom. The number of nitrogens with zero attached hydrogens (tertiary/aromatic N) is 1. The van der Waals surface area contributed by atoms with Gasteiger partial charge in [0.05, 0.1) is 13.2 Å². The van der Waals surface area contributed by atoms with Crippen LogP contribution < -0.4 is 5.43 Å². The maximum atomic E-state index is 13.5. The molecule has 1 aliphatic rings. The zero-order valence-corrected chi connectivity index (χ0v) is 12.0. The van der Waals surface area contributed by atoms with Crippen molar-refractivity contribution in [3.05, 3.63) is 24.1 Å². The van der Waals surface area contributed by atoms with E-state index in [2.05, 4.69) is 10.2 Å². The summed E-state index contributed by atoms with van der Waals surface area (Å²) >= 11 is 0. The monoisotopic (exact) mass is 300 g/mol. The molecule has 1 rings (SSSR count). The second-order valence-electron chi connectivity index (χ2n) is 4.28. The fourth-order valence-corrected chi connectivity index (χ4v) is 1.64. The maximum Gasteiger partial charge on any atom is 0.429 e. The Bertz CT molecular complexity index is 503. The van der Waals surface area contributed by atoms with Crippen molar-refractivity contribution < 1.29 is 28.2 Å². The van der Waals surface area contributed by atoms with Gasteiger partial charge in [0.25, 0.3) is 0 Å². The van der Waals surface area contributed by atoms with Crippen molar-refractivity contribution in [3.8, 4) is 0 Å². The third-order valence-electron chi connectivity index (χ3n) is 2.64. The second kappa shape index (κ2) is 6.87. The lowest BCUT2D eigenvalue weighted by Crippen LogP contribution is -2.57. The number of nitrogens with one attached hydrogen (secondary N) is 1. The van der Waals surface area contributed by atoms with Gasteiger partial charge in [0.2, 0.25) is 5.78 Å². The molecule has 0 fully saturated rings. The van der Waals surface area contributed by atoms with E-state index in [1.165, 1.54) is 13.0 Å². The van der Waals surface area contributed by atoms with E-state index in [1.54, 1.807) is 13.8 Å². The molecule has 0 saturated carbocycles. The fraction of sp³-hybridized carbons (Fsp3) is 0.462. The maximum absolute atomic E-state index is 13.5. The third-order valence-corrected chi connectivity index (χ3v) is 2.64. The van der Waals surface area contributed by atoms with Gasteiger partial charge in [-0.1, -0.05) is 0 Å². The minimum absolute atomic E-state index is 0.0603. The van der Waals surface area contributed by atoms with Gasteiger partial charge in [-0.15, -0.1) is 0 Å². The van der Waals surface area contributed by atoms with Crippen LogP contribution in [-0.4, -0.2) is 41.7 Å². The highest BCUT2D eigenvalue weighted by Gasteiger charge is 2.38. The fourth-order valence-electron chi connectivity index (χ4n) is 1.64. The number of hydrazine groups is 1. The topological polar surface area (TPSA) is 84.9 Å². The highest BCUT2D eigenvalue weighted by Crippen LogP contribution is 2.25. The minimum Gasteiger partial charge on any atom is -0.449 e. The van der Waals surface area contributed by atoms with E-state index in [1.807, 2.05) is 0 Å². The number of carbonyl (C=O) groups is 3. The third kappa shape index (κ3) is 4.04. The average Bonchev–Trinajstić information content (AvgIpc) is 2.41. The number of hydrogen-bond donors (Lipinski definition) is 1. The van der Waals surface area contributed by atoms with Crippen LogP contribution in [0, 0.1) is 0 Å². The number of halogens is 1. The van der Waals surface area contributed by atoms with Crippen molar-refractivity contribution in [2.75, 3.05) is 13.2 Å². The van der Waals surface area contributed by atoms with Gasteiger partial charge >= 0.3 is 12.2 Å². The Morgan fingerprint density at radius 3 is 2.48 bits per heavy atom. The van der Waals surface area contributed by atoms with Gasteiger partial charge < -0.3 is 9.47 Å². The number of allylic oxidation sites excluding steroid dienone is 2. The lowest BCUT2D eigenvalue weighted by Gasteiger charge is -2.36. The lowest BCUT2D eigenvalue weighted by atomic mass is 9.94. The summed E-state index contributed by atoms with van der Waals surface area (Å²) < 4.78 is 23.0. The molecule has 0 radical (unpaired) electrons. The first kappa shape index (κ1) is 16.7. The first-order valence-electron chi connectivity index (χ1n) is 6.36. The van der Waals surface area contributed by atoms with E-state index < -0.39 is 29.3 Å². The number of ether oxygens (including phenoxy) is 2. The van der Waals surface area contributed by atoms with Crippen molar-refractivity contribution in [2.24, 2.45) is 0 Å². The molecule has 0 aromatic rings. The zero-order chi connectivity index (χ0) is 16.0. The summed E-state index contributed by atoms with van der Waals surface area (Å²) in [6.45, 7) is 4.76. The van der Waals surface area contributed by atoms with E-state index in [9.17, 15) is 18.8 Å². The van der Waals surface area contributed by atoms with Gasteiger partial charge in [-0.25, -0.2) is 24.4 Å². The Hall–Kier alpha value is -2.38. The second-order valence-corrected chi connectivity index (χ2v) is 4.28. The van der Waals surface area contributed by atoms with Crippen molar-refractivity contribution in [2.45, 2.75) is 26.3 Å². The van der Waals surface area contributed by atoms with Gasteiger partial charge in [0.1, 0.15) is 5.54 Å². The van der Waals surface area contributed by atoms with Gasteiger partial charge in [0, 0.05) is 0 Å². The minimum atomic E-state index is -1.39. The molecule has 1 N–H and O–H groups in total. The van der Waals surface area contributed by atoms with Crippen LogP contribution in [-0.2, 0) is 14.3 Å². The summed E-state index contributed by atoms with van der Waals surface area (Å²) in [5, 5.41) is 0.761. The van der Waals surface area contributed by atoms with Crippen molar-refractivity contribution in [3.63, 3.8) is 0 Å². The predicted octanol–water partition coefficient (Wildman–Crippen LogP) is 1.86. The average molecular weight is 300 g/mol.